The molecule has 1 saturated heterocycles. The molecular weight excluding hydrogens is 276 g/mol. The van der Waals surface area contributed by atoms with Crippen molar-refractivity contribution in [2.24, 2.45) is 0 Å². The van der Waals surface area contributed by atoms with E-state index in [0.29, 0.717) is 17.1 Å². The third kappa shape index (κ3) is 3.44. The Morgan fingerprint density at radius 1 is 1.60 bits per heavy atom. The van der Waals surface area contributed by atoms with E-state index in [2.05, 4.69) is 5.32 Å². The van der Waals surface area contributed by atoms with E-state index in [1.165, 1.54) is 0 Å². The quantitative estimate of drug-likeness (QED) is 0.898. The molecule has 1 aromatic carbocycles. The number of carbonyl (C=O) groups is 1. The summed E-state index contributed by atoms with van der Waals surface area (Å²) in [4.78, 5) is 14.2. The van der Waals surface area contributed by atoms with E-state index in [1.807, 2.05) is 19.1 Å². The van der Waals surface area contributed by atoms with Gasteiger partial charge < -0.3 is 15.3 Å². The highest BCUT2D eigenvalue weighted by molar-refractivity contribution is 6.33. The van der Waals surface area contributed by atoms with Gasteiger partial charge in [0.15, 0.2) is 0 Å². The van der Waals surface area contributed by atoms with Crippen molar-refractivity contribution in [3.63, 3.8) is 0 Å². The summed E-state index contributed by atoms with van der Waals surface area (Å²) in [6.45, 7) is 4.40. The average molecular weight is 297 g/mol. The van der Waals surface area contributed by atoms with E-state index in [-0.39, 0.29) is 12.1 Å². The number of rotatable bonds is 3. The lowest BCUT2D eigenvalue weighted by Gasteiger charge is -2.26. The molecule has 0 aromatic heterocycles. The maximum Gasteiger partial charge on any atom is 0.322 e. The highest BCUT2D eigenvalue weighted by atomic mass is 35.5. The molecule has 1 aliphatic heterocycles. The molecule has 0 radical (unpaired) electrons. The van der Waals surface area contributed by atoms with Crippen LogP contribution in [0.1, 0.15) is 31.7 Å². The number of para-hydroxylation sites is 1. The number of aliphatic hydroxyl groups excluding tert-OH is 1. The van der Waals surface area contributed by atoms with E-state index in [9.17, 15) is 9.90 Å². The van der Waals surface area contributed by atoms with Gasteiger partial charge in [-0.25, -0.2) is 4.79 Å². The molecule has 20 heavy (non-hydrogen) atoms. The minimum atomic E-state index is -0.393. The van der Waals surface area contributed by atoms with E-state index >= 15 is 0 Å². The number of nitrogens with one attached hydrogen (secondary N) is 1. The number of benzene rings is 1. The Morgan fingerprint density at radius 3 is 3.00 bits per heavy atom. The van der Waals surface area contributed by atoms with E-state index in [1.54, 1.807) is 17.9 Å². The van der Waals surface area contributed by atoms with Crippen molar-refractivity contribution >= 4 is 23.3 Å². The fourth-order valence-corrected chi connectivity index (χ4v) is 2.98. The molecule has 110 valence electrons. The number of aryl methyl sites for hydroxylation is 1. The first-order valence-corrected chi connectivity index (χ1v) is 7.37. The SMILES string of the molecule is Cc1cccc(Cl)c1NC(=O)N1CCC[C@@H]1C[C@H](C)O. The summed E-state index contributed by atoms with van der Waals surface area (Å²) < 4.78 is 0. The number of halogens is 1. The minimum absolute atomic E-state index is 0.109. The van der Waals surface area contributed by atoms with Gasteiger partial charge in [0.05, 0.1) is 16.8 Å². The largest absolute Gasteiger partial charge is 0.393 e. The maximum absolute atomic E-state index is 12.4. The van der Waals surface area contributed by atoms with Gasteiger partial charge in [-0.05, 0) is 44.7 Å². The van der Waals surface area contributed by atoms with Gasteiger partial charge in [0.1, 0.15) is 0 Å². The molecule has 2 N–H and O–H groups in total. The molecule has 2 amide bonds. The summed E-state index contributed by atoms with van der Waals surface area (Å²) in [6, 6.07) is 5.52. The Morgan fingerprint density at radius 2 is 2.35 bits per heavy atom. The normalized spacial score (nSPS) is 20.0. The molecule has 0 unspecified atom stereocenters. The highest BCUT2D eigenvalue weighted by Gasteiger charge is 2.29. The van der Waals surface area contributed by atoms with Gasteiger partial charge in [0, 0.05) is 12.6 Å². The number of hydrogen-bond donors (Lipinski definition) is 2. The molecule has 2 atom stereocenters. The fraction of sp³-hybridized carbons (Fsp3) is 0.533. The summed E-state index contributed by atoms with van der Waals surface area (Å²) in [5.41, 5.74) is 1.61. The van der Waals surface area contributed by atoms with Crippen LogP contribution in [0.5, 0.6) is 0 Å². The molecule has 1 aromatic rings. The Labute approximate surface area is 124 Å². The molecule has 0 bridgehead atoms. The third-order valence-corrected chi connectivity index (χ3v) is 4.02. The second-order valence-corrected chi connectivity index (χ2v) is 5.84. The summed E-state index contributed by atoms with van der Waals surface area (Å²) in [5.74, 6) is 0. The van der Waals surface area contributed by atoms with Gasteiger partial charge in [0.25, 0.3) is 0 Å². The summed E-state index contributed by atoms with van der Waals surface area (Å²) >= 11 is 6.13. The Balaban J connectivity index is 2.08. The van der Waals surface area contributed by atoms with E-state index in [0.717, 1.165) is 24.9 Å². The molecule has 0 aliphatic carbocycles. The van der Waals surface area contributed by atoms with Crippen LogP contribution in [0.15, 0.2) is 18.2 Å². The zero-order chi connectivity index (χ0) is 14.7. The molecule has 0 spiro atoms. The fourth-order valence-electron chi connectivity index (χ4n) is 2.71. The number of nitrogens with zero attached hydrogens (tertiary/aromatic N) is 1. The van der Waals surface area contributed by atoms with Crippen molar-refractivity contribution in [1.29, 1.82) is 0 Å². The summed E-state index contributed by atoms with van der Waals surface area (Å²) in [6.07, 6.45) is 2.15. The number of hydrogen-bond acceptors (Lipinski definition) is 2. The van der Waals surface area contributed by atoms with Gasteiger partial charge >= 0.3 is 6.03 Å². The van der Waals surface area contributed by atoms with Crippen molar-refractivity contribution < 1.29 is 9.90 Å². The van der Waals surface area contributed by atoms with E-state index < -0.39 is 6.10 Å². The summed E-state index contributed by atoms with van der Waals surface area (Å²) in [7, 11) is 0. The number of urea groups is 1. The Bertz CT molecular complexity index is 471. The number of amides is 2. The first-order chi connectivity index (χ1) is 9.49. The van der Waals surface area contributed by atoms with Gasteiger partial charge in [-0.1, -0.05) is 23.7 Å². The topological polar surface area (TPSA) is 52.6 Å². The molecule has 4 nitrogen and oxygen atoms in total. The molecule has 2 rings (SSSR count). The van der Waals surface area contributed by atoms with Gasteiger partial charge in [-0.15, -0.1) is 0 Å². The van der Waals surface area contributed by atoms with Crippen LogP contribution in [0.3, 0.4) is 0 Å². The molecular formula is C15H21ClN2O2. The number of aliphatic hydroxyl groups is 1. The first kappa shape index (κ1) is 15.1. The second kappa shape index (κ2) is 6.46. The molecule has 0 saturated carbocycles. The van der Waals surface area contributed by atoms with Crippen LogP contribution >= 0.6 is 11.6 Å². The van der Waals surface area contributed by atoms with Crippen LogP contribution in [0.4, 0.5) is 10.5 Å². The van der Waals surface area contributed by atoms with Gasteiger partial charge in [0.2, 0.25) is 0 Å². The zero-order valence-corrected chi connectivity index (χ0v) is 12.7. The molecule has 1 heterocycles. The smallest absolute Gasteiger partial charge is 0.322 e. The zero-order valence-electron chi connectivity index (χ0n) is 11.9. The van der Waals surface area contributed by atoms with Crippen LogP contribution < -0.4 is 5.32 Å². The van der Waals surface area contributed by atoms with Crippen molar-refractivity contribution in [1.82, 2.24) is 4.90 Å². The second-order valence-electron chi connectivity index (χ2n) is 5.44. The molecule has 5 heteroatoms. The average Bonchev–Trinajstić information content (AvgIpc) is 2.81. The van der Waals surface area contributed by atoms with Crippen molar-refractivity contribution in [3.8, 4) is 0 Å². The first-order valence-electron chi connectivity index (χ1n) is 7.00. The lowest BCUT2D eigenvalue weighted by molar-refractivity contribution is 0.142. The van der Waals surface area contributed by atoms with Crippen LogP contribution in [0.25, 0.3) is 0 Å². The third-order valence-electron chi connectivity index (χ3n) is 3.71. The summed E-state index contributed by atoms with van der Waals surface area (Å²) in [5, 5.41) is 13.0. The van der Waals surface area contributed by atoms with Crippen molar-refractivity contribution in [3.05, 3.63) is 28.8 Å². The Kier molecular flexibility index (Phi) is 4.89. The maximum atomic E-state index is 12.4. The minimum Gasteiger partial charge on any atom is -0.393 e. The van der Waals surface area contributed by atoms with E-state index in [4.69, 9.17) is 11.6 Å². The van der Waals surface area contributed by atoms with Crippen LogP contribution in [0.2, 0.25) is 5.02 Å². The lowest BCUT2D eigenvalue weighted by Crippen LogP contribution is -2.40. The van der Waals surface area contributed by atoms with Gasteiger partial charge in [-0.3, -0.25) is 0 Å². The predicted octanol–water partition coefficient (Wildman–Crippen LogP) is 3.42. The van der Waals surface area contributed by atoms with Crippen LogP contribution in [-0.4, -0.2) is 34.7 Å². The standard InChI is InChI=1S/C15H21ClN2O2/c1-10-5-3-7-13(16)14(10)17-15(20)18-8-4-6-12(18)9-11(2)19/h3,5,7,11-12,19H,4,6,8-9H2,1-2H3,(H,17,20)/t11-,12+/m0/s1. The monoisotopic (exact) mass is 296 g/mol. The number of likely N-dealkylation sites (tertiary alicyclic amines) is 1. The lowest BCUT2D eigenvalue weighted by atomic mass is 10.1. The van der Waals surface area contributed by atoms with Crippen molar-refractivity contribution in [2.75, 3.05) is 11.9 Å². The predicted molar refractivity (Wildman–Crippen MR) is 81.2 cm³/mol. The molecule has 1 aliphatic rings. The number of carbonyl (C=O) groups excluding carboxylic acids is 1. The Hall–Kier alpha value is -1.26. The van der Waals surface area contributed by atoms with Crippen molar-refractivity contribution in [2.45, 2.75) is 45.3 Å². The van der Waals surface area contributed by atoms with Crippen LogP contribution in [-0.2, 0) is 0 Å². The molecule has 1 fully saturated rings. The number of anilines is 1. The van der Waals surface area contributed by atoms with Gasteiger partial charge in [-0.2, -0.15) is 0 Å². The highest BCUT2D eigenvalue weighted by Crippen LogP contribution is 2.27. The van der Waals surface area contributed by atoms with Crippen LogP contribution in [0, 0.1) is 6.92 Å².